The van der Waals surface area contributed by atoms with Crippen LogP contribution in [0.1, 0.15) is 19.5 Å². The van der Waals surface area contributed by atoms with Gasteiger partial charge in [0.05, 0.1) is 22.7 Å². The highest BCUT2D eigenvalue weighted by Crippen LogP contribution is 2.22. The zero-order valence-corrected chi connectivity index (χ0v) is 8.86. The van der Waals surface area contributed by atoms with E-state index in [-0.39, 0.29) is 0 Å². The van der Waals surface area contributed by atoms with E-state index in [1.165, 1.54) is 0 Å². The predicted octanol–water partition coefficient (Wildman–Crippen LogP) is 3.04. The normalized spacial score (nSPS) is 11.3. The van der Waals surface area contributed by atoms with Gasteiger partial charge in [0.25, 0.3) is 0 Å². The number of hydrogen-bond acceptors (Lipinski definition) is 2. The zero-order chi connectivity index (χ0) is 10.9. The van der Waals surface area contributed by atoms with E-state index >= 15 is 0 Å². The third kappa shape index (κ3) is 1.69. The molecule has 1 aromatic carbocycles. The van der Waals surface area contributed by atoms with Gasteiger partial charge in [0.1, 0.15) is 0 Å². The Morgan fingerprint density at radius 1 is 1.13 bits per heavy atom. The van der Waals surface area contributed by atoms with Crippen LogP contribution in [0.15, 0.2) is 36.4 Å². The number of nitriles is 1. The van der Waals surface area contributed by atoms with Crippen LogP contribution in [-0.2, 0) is 5.41 Å². The molecular formula is C13H12N2. The summed E-state index contributed by atoms with van der Waals surface area (Å²) in [6.45, 7) is 3.76. The summed E-state index contributed by atoms with van der Waals surface area (Å²) in [6, 6.07) is 14.1. The molecule has 0 unspecified atom stereocenters. The minimum Gasteiger partial charge on any atom is -0.251 e. The number of fused-ring (bicyclic) bond motifs is 1. The predicted molar refractivity (Wildman–Crippen MR) is 60.4 cm³/mol. The minimum atomic E-state index is -0.524. The van der Waals surface area contributed by atoms with E-state index in [0.717, 1.165) is 16.6 Å². The molecule has 0 radical (unpaired) electrons. The molecular weight excluding hydrogens is 184 g/mol. The van der Waals surface area contributed by atoms with Gasteiger partial charge in [-0.25, -0.2) is 0 Å². The van der Waals surface area contributed by atoms with Gasteiger partial charge in [0.15, 0.2) is 0 Å². The fourth-order valence-electron chi connectivity index (χ4n) is 1.47. The first-order valence-electron chi connectivity index (χ1n) is 4.91. The summed E-state index contributed by atoms with van der Waals surface area (Å²) in [4.78, 5) is 4.50. The Morgan fingerprint density at radius 2 is 1.87 bits per heavy atom. The van der Waals surface area contributed by atoms with Crippen molar-refractivity contribution in [3.63, 3.8) is 0 Å². The van der Waals surface area contributed by atoms with Gasteiger partial charge in [0, 0.05) is 5.39 Å². The van der Waals surface area contributed by atoms with E-state index in [9.17, 15) is 0 Å². The smallest absolute Gasteiger partial charge is 0.0937 e. The van der Waals surface area contributed by atoms with Crippen LogP contribution < -0.4 is 0 Å². The lowest BCUT2D eigenvalue weighted by atomic mass is 9.90. The summed E-state index contributed by atoms with van der Waals surface area (Å²) >= 11 is 0. The molecule has 74 valence electrons. The highest BCUT2D eigenvalue weighted by Gasteiger charge is 2.21. The quantitative estimate of drug-likeness (QED) is 0.702. The van der Waals surface area contributed by atoms with Crippen LogP contribution in [0.5, 0.6) is 0 Å². The van der Waals surface area contributed by atoms with Gasteiger partial charge >= 0.3 is 0 Å². The molecule has 2 nitrogen and oxygen atoms in total. The van der Waals surface area contributed by atoms with E-state index < -0.39 is 5.41 Å². The fraction of sp³-hybridized carbons (Fsp3) is 0.231. The van der Waals surface area contributed by atoms with Crippen molar-refractivity contribution >= 4 is 10.9 Å². The van der Waals surface area contributed by atoms with Gasteiger partial charge in [-0.15, -0.1) is 0 Å². The lowest BCUT2D eigenvalue weighted by molar-refractivity contribution is 0.663. The Bertz CT molecular complexity index is 535. The number of benzene rings is 1. The Hall–Kier alpha value is -1.88. The molecule has 0 saturated heterocycles. The third-order valence-corrected chi connectivity index (χ3v) is 2.52. The van der Waals surface area contributed by atoms with Crippen molar-refractivity contribution in [1.29, 1.82) is 5.26 Å². The van der Waals surface area contributed by atoms with Crippen LogP contribution in [0, 0.1) is 11.3 Å². The fourth-order valence-corrected chi connectivity index (χ4v) is 1.47. The van der Waals surface area contributed by atoms with Crippen molar-refractivity contribution in [1.82, 2.24) is 4.98 Å². The van der Waals surface area contributed by atoms with Gasteiger partial charge in [-0.1, -0.05) is 24.3 Å². The molecule has 0 fully saturated rings. The Labute approximate surface area is 89.2 Å². The number of aromatic nitrogens is 1. The van der Waals surface area contributed by atoms with Crippen LogP contribution in [-0.4, -0.2) is 4.98 Å². The first kappa shape index (κ1) is 9.67. The molecule has 0 spiro atoms. The molecule has 0 saturated carbocycles. The molecule has 15 heavy (non-hydrogen) atoms. The monoisotopic (exact) mass is 196 g/mol. The SMILES string of the molecule is CC(C)(C#N)c1ccc2ccccc2n1. The van der Waals surface area contributed by atoms with Crippen molar-refractivity contribution in [2.75, 3.05) is 0 Å². The van der Waals surface area contributed by atoms with E-state index in [2.05, 4.69) is 11.1 Å². The van der Waals surface area contributed by atoms with E-state index in [1.807, 2.05) is 50.2 Å². The van der Waals surface area contributed by atoms with Crippen LogP contribution in [0.2, 0.25) is 0 Å². The molecule has 0 N–H and O–H groups in total. The van der Waals surface area contributed by atoms with Crippen molar-refractivity contribution in [2.45, 2.75) is 19.3 Å². The van der Waals surface area contributed by atoms with Crippen molar-refractivity contribution in [3.8, 4) is 6.07 Å². The van der Waals surface area contributed by atoms with Crippen LogP contribution in [0.3, 0.4) is 0 Å². The summed E-state index contributed by atoms with van der Waals surface area (Å²) in [5.74, 6) is 0. The average Bonchev–Trinajstić information content (AvgIpc) is 2.28. The maximum Gasteiger partial charge on any atom is 0.0937 e. The first-order valence-corrected chi connectivity index (χ1v) is 4.91. The second kappa shape index (κ2) is 3.36. The van der Waals surface area contributed by atoms with Crippen LogP contribution >= 0.6 is 0 Å². The Kier molecular flexibility index (Phi) is 2.17. The molecule has 2 rings (SSSR count). The highest BCUT2D eigenvalue weighted by atomic mass is 14.7. The molecule has 2 heteroatoms. The third-order valence-electron chi connectivity index (χ3n) is 2.52. The van der Waals surface area contributed by atoms with Crippen molar-refractivity contribution in [2.24, 2.45) is 0 Å². The van der Waals surface area contributed by atoms with Crippen molar-refractivity contribution < 1.29 is 0 Å². The lowest BCUT2D eigenvalue weighted by Gasteiger charge is -2.14. The topological polar surface area (TPSA) is 36.7 Å². The zero-order valence-electron chi connectivity index (χ0n) is 8.86. The highest BCUT2D eigenvalue weighted by molar-refractivity contribution is 5.78. The molecule has 1 aromatic heterocycles. The number of para-hydroxylation sites is 1. The molecule has 0 bridgehead atoms. The van der Waals surface area contributed by atoms with Gasteiger partial charge in [0.2, 0.25) is 0 Å². The second-order valence-corrected chi connectivity index (χ2v) is 4.13. The minimum absolute atomic E-state index is 0.524. The number of rotatable bonds is 1. The largest absolute Gasteiger partial charge is 0.251 e. The standard InChI is InChI=1S/C13H12N2/c1-13(2,9-14)12-8-7-10-5-3-4-6-11(10)15-12/h3-8H,1-2H3. The molecule has 0 atom stereocenters. The summed E-state index contributed by atoms with van der Waals surface area (Å²) in [6.07, 6.45) is 0. The van der Waals surface area contributed by atoms with E-state index in [1.54, 1.807) is 0 Å². The summed E-state index contributed by atoms with van der Waals surface area (Å²) in [5.41, 5.74) is 1.24. The molecule has 0 aliphatic heterocycles. The lowest BCUT2D eigenvalue weighted by Crippen LogP contribution is -2.15. The van der Waals surface area contributed by atoms with Gasteiger partial charge in [-0.2, -0.15) is 5.26 Å². The number of hydrogen-bond donors (Lipinski definition) is 0. The van der Waals surface area contributed by atoms with Crippen LogP contribution in [0.4, 0.5) is 0 Å². The average molecular weight is 196 g/mol. The van der Waals surface area contributed by atoms with Crippen molar-refractivity contribution in [3.05, 3.63) is 42.1 Å². The van der Waals surface area contributed by atoms with Crippen LogP contribution in [0.25, 0.3) is 10.9 Å². The maximum atomic E-state index is 9.03. The van der Waals surface area contributed by atoms with Gasteiger partial charge in [-0.3, -0.25) is 4.98 Å². The Morgan fingerprint density at radius 3 is 2.60 bits per heavy atom. The molecule has 0 amide bonds. The molecule has 1 heterocycles. The van der Waals surface area contributed by atoms with E-state index in [4.69, 9.17) is 5.26 Å². The Balaban J connectivity index is 2.63. The molecule has 2 aromatic rings. The summed E-state index contributed by atoms with van der Waals surface area (Å²) < 4.78 is 0. The first-order chi connectivity index (χ1) is 7.13. The van der Waals surface area contributed by atoms with E-state index in [0.29, 0.717) is 0 Å². The maximum absolute atomic E-state index is 9.03. The second-order valence-electron chi connectivity index (χ2n) is 4.13. The number of pyridine rings is 1. The summed E-state index contributed by atoms with van der Waals surface area (Å²) in [7, 11) is 0. The molecule has 0 aliphatic carbocycles. The van der Waals surface area contributed by atoms with Gasteiger partial charge in [-0.05, 0) is 26.0 Å². The summed E-state index contributed by atoms with van der Waals surface area (Å²) in [5, 5.41) is 10.1. The molecule has 0 aliphatic rings. The van der Waals surface area contributed by atoms with Gasteiger partial charge < -0.3 is 0 Å². The number of nitrogens with zero attached hydrogens (tertiary/aromatic N) is 2.